The number of aryl methyl sites for hydroxylation is 1. The van der Waals surface area contributed by atoms with Crippen molar-refractivity contribution < 1.29 is 33.4 Å². The molecule has 0 saturated carbocycles. The van der Waals surface area contributed by atoms with E-state index >= 15 is 0 Å². The van der Waals surface area contributed by atoms with Crippen molar-refractivity contribution in [1.82, 2.24) is 10.2 Å². The second kappa shape index (κ2) is 9.44. The molecule has 0 radical (unpaired) electrons. The van der Waals surface area contributed by atoms with Gasteiger partial charge in [-0.25, -0.2) is 0 Å². The molecule has 2 saturated heterocycles. The fraction of sp³-hybridized carbons (Fsp3) is 0.524. The van der Waals surface area contributed by atoms with Gasteiger partial charge in [0.05, 0.1) is 12.7 Å². The maximum atomic E-state index is 13.2. The minimum absolute atomic E-state index is 0.0587. The summed E-state index contributed by atoms with van der Waals surface area (Å²) in [4.78, 5) is 51.4. The topological polar surface area (TPSA) is 114 Å². The fourth-order valence-electron chi connectivity index (χ4n) is 4.07. The first-order chi connectivity index (χ1) is 14.8. The zero-order valence-electron chi connectivity index (χ0n) is 18.0. The third-order valence-electron chi connectivity index (χ3n) is 5.74. The number of carbonyl (C=O) groups excluding carboxylic acids is 4. The van der Waals surface area contributed by atoms with Crippen LogP contribution in [0.3, 0.4) is 0 Å². The quantitative estimate of drug-likeness (QED) is 0.357. The Bertz CT molecular complexity index is 878. The molecule has 1 N–H and O–H groups in total. The zero-order chi connectivity index (χ0) is 22.7. The molecular formula is C21H27N3O7. The second-order valence-corrected chi connectivity index (χ2v) is 7.63. The number of carbonyl (C=O) groups is 4. The largest absolute Gasteiger partial charge is 0.496 e. The van der Waals surface area contributed by atoms with Crippen LogP contribution < -0.4 is 15.0 Å². The number of methoxy groups -OCH3 is 3. The molecule has 1 atom stereocenters. The lowest BCUT2D eigenvalue weighted by atomic mass is 9.96. The van der Waals surface area contributed by atoms with E-state index in [1.807, 2.05) is 6.07 Å². The van der Waals surface area contributed by atoms with Gasteiger partial charge in [0, 0.05) is 51.4 Å². The van der Waals surface area contributed by atoms with Gasteiger partial charge in [-0.2, -0.15) is 0 Å². The van der Waals surface area contributed by atoms with E-state index in [0.717, 1.165) is 23.7 Å². The minimum Gasteiger partial charge on any atom is -0.496 e. The van der Waals surface area contributed by atoms with Crippen molar-refractivity contribution in [3.63, 3.8) is 0 Å². The standard InChI is InChI=1S/C21H27N3O7/c1-12-7-14(23-9-13(10-23)21(30-3)31-4)8-16(29-2)18(12)20(28)24(11-25)15-5-6-17(26)22-19(15)27/h7-8,11,13,15,21H,5-6,9-10H2,1-4H3,(H,22,26,27). The third-order valence-corrected chi connectivity index (χ3v) is 5.74. The maximum absolute atomic E-state index is 13.2. The number of rotatable bonds is 8. The smallest absolute Gasteiger partial charge is 0.265 e. The maximum Gasteiger partial charge on any atom is 0.265 e. The van der Waals surface area contributed by atoms with E-state index in [1.165, 1.54) is 7.11 Å². The predicted molar refractivity (Wildman–Crippen MR) is 110 cm³/mol. The van der Waals surface area contributed by atoms with Gasteiger partial charge in [-0.05, 0) is 25.0 Å². The number of nitrogens with one attached hydrogen (secondary N) is 1. The van der Waals surface area contributed by atoms with Crippen LogP contribution in [0, 0.1) is 12.8 Å². The van der Waals surface area contributed by atoms with E-state index in [2.05, 4.69) is 10.2 Å². The van der Waals surface area contributed by atoms with Crippen molar-refractivity contribution in [3.05, 3.63) is 23.3 Å². The summed E-state index contributed by atoms with van der Waals surface area (Å²) >= 11 is 0. The molecule has 1 unspecified atom stereocenters. The Kier molecular flexibility index (Phi) is 6.91. The predicted octanol–water partition coefficient (Wildman–Crippen LogP) is 0.463. The summed E-state index contributed by atoms with van der Waals surface area (Å²) in [6.07, 6.45) is 0.188. The summed E-state index contributed by atoms with van der Waals surface area (Å²) in [5.74, 6) is -1.21. The van der Waals surface area contributed by atoms with E-state index in [9.17, 15) is 19.2 Å². The monoisotopic (exact) mass is 433 g/mol. The summed E-state index contributed by atoms with van der Waals surface area (Å²) in [5.41, 5.74) is 1.68. The first-order valence-electron chi connectivity index (χ1n) is 9.95. The first-order valence-corrected chi connectivity index (χ1v) is 9.95. The van der Waals surface area contributed by atoms with Gasteiger partial charge in [0.15, 0.2) is 6.29 Å². The van der Waals surface area contributed by atoms with Crippen LogP contribution in [-0.2, 0) is 23.9 Å². The Labute approximate surface area is 180 Å². The number of amides is 4. The van der Waals surface area contributed by atoms with Crippen LogP contribution in [0.4, 0.5) is 5.69 Å². The lowest BCUT2D eigenvalue weighted by Gasteiger charge is -2.43. The van der Waals surface area contributed by atoms with Crippen molar-refractivity contribution >= 4 is 29.8 Å². The van der Waals surface area contributed by atoms with Crippen LogP contribution in [0.1, 0.15) is 28.8 Å². The molecule has 2 heterocycles. The molecule has 0 aromatic heterocycles. The summed E-state index contributed by atoms with van der Waals surface area (Å²) in [6.45, 7) is 3.19. The van der Waals surface area contributed by atoms with Crippen molar-refractivity contribution in [1.29, 1.82) is 0 Å². The molecule has 2 aliphatic rings. The van der Waals surface area contributed by atoms with Crippen molar-refractivity contribution in [2.45, 2.75) is 32.1 Å². The number of anilines is 1. The van der Waals surface area contributed by atoms with E-state index < -0.39 is 23.8 Å². The first kappa shape index (κ1) is 22.7. The minimum atomic E-state index is -1.04. The number of nitrogens with zero attached hydrogens (tertiary/aromatic N) is 2. The van der Waals surface area contributed by atoms with Crippen molar-refractivity contribution in [2.24, 2.45) is 5.92 Å². The normalized spacial score (nSPS) is 19.1. The number of piperidine rings is 1. The molecule has 10 heteroatoms. The highest BCUT2D eigenvalue weighted by Gasteiger charge is 2.38. The number of hydrogen-bond acceptors (Lipinski definition) is 8. The van der Waals surface area contributed by atoms with E-state index in [4.69, 9.17) is 14.2 Å². The molecule has 10 nitrogen and oxygen atoms in total. The molecule has 4 amide bonds. The summed E-state index contributed by atoms with van der Waals surface area (Å²) < 4.78 is 16.1. The summed E-state index contributed by atoms with van der Waals surface area (Å²) in [5, 5.41) is 2.17. The molecule has 2 aliphatic heterocycles. The molecule has 0 bridgehead atoms. The number of hydrogen-bond donors (Lipinski definition) is 1. The van der Waals surface area contributed by atoms with Gasteiger partial charge in [-0.1, -0.05) is 0 Å². The van der Waals surface area contributed by atoms with Crippen LogP contribution in [0.15, 0.2) is 12.1 Å². The molecular weight excluding hydrogens is 406 g/mol. The van der Waals surface area contributed by atoms with Gasteiger partial charge in [-0.15, -0.1) is 0 Å². The van der Waals surface area contributed by atoms with E-state index in [1.54, 1.807) is 27.2 Å². The van der Waals surface area contributed by atoms with Gasteiger partial charge < -0.3 is 19.1 Å². The van der Waals surface area contributed by atoms with Gasteiger partial charge in [-0.3, -0.25) is 29.4 Å². The molecule has 2 fully saturated rings. The molecule has 1 aromatic rings. The highest BCUT2D eigenvalue weighted by Crippen LogP contribution is 2.35. The van der Waals surface area contributed by atoms with Gasteiger partial charge in [0.1, 0.15) is 11.8 Å². The van der Waals surface area contributed by atoms with E-state index in [0.29, 0.717) is 17.7 Å². The average molecular weight is 433 g/mol. The molecule has 1 aromatic carbocycles. The number of ether oxygens (including phenoxy) is 3. The molecule has 168 valence electrons. The van der Waals surface area contributed by atoms with Gasteiger partial charge in [0.2, 0.25) is 18.2 Å². The zero-order valence-corrected chi connectivity index (χ0v) is 18.0. The number of imide groups is 2. The Hall–Kier alpha value is -2.98. The Morgan fingerprint density at radius 1 is 1.23 bits per heavy atom. The van der Waals surface area contributed by atoms with Crippen LogP contribution in [-0.4, -0.2) is 75.8 Å². The average Bonchev–Trinajstić information content (AvgIpc) is 2.71. The summed E-state index contributed by atoms with van der Waals surface area (Å²) in [7, 11) is 4.65. The fourth-order valence-corrected chi connectivity index (χ4v) is 4.07. The molecule has 3 rings (SSSR count). The Morgan fingerprint density at radius 3 is 2.45 bits per heavy atom. The molecule has 31 heavy (non-hydrogen) atoms. The Morgan fingerprint density at radius 2 is 1.90 bits per heavy atom. The highest BCUT2D eigenvalue weighted by atomic mass is 16.7. The number of benzene rings is 1. The van der Waals surface area contributed by atoms with Crippen molar-refractivity contribution in [3.8, 4) is 5.75 Å². The Balaban J connectivity index is 1.83. The lowest BCUT2D eigenvalue weighted by Crippen LogP contribution is -2.54. The second-order valence-electron chi connectivity index (χ2n) is 7.63. The van der Waals surface area contributed by atoms with Gasteiger partial charge in [0.25, 0.3) is 5.91 Å². The third kappa shape index (κ3) is 4.40. The van der Waals surface area contributed by atoms with Gasteiger partial charge >= 0.3 is 0 Å². The lowest BCUT2D eigenvalue weighted by molar-refractivity contribution is -0.142. The molecule has 0 spiro atoms. The van der Waals surface area contributed by atoms with Crippen LogP contribution >= 0.6 is 0 Å². The van der Waals surface area contributed by atoms with Crippen LogP contribution in [0.2, 0.25) is 0 Å². The van der Waals surface area contributed by atoms with Crippen LogP contribution in [0.25, 0.3) is 0 Å². The van der Waals surface area contributed by atoms with Crippen LogP contribution in [0.5, 0.6) is 5.75 Å². The SMILES string of the molecule is COc1cc(N2CC(C(OC)OC)C2)cc(C)c1C(=O)N(C=O)C1CCC(=O)NC1=O. The molecule has 0 aliphatic carbocycles. The summed E-state index contributed by atoms with van der Waals surface area (Å²) in [6, 6.07) is 2.54. The van der Waals surface area contributed by atoms with E-state index in [-0.39, 0.29) is 30.6 Å². The highest BCUT2D eigenvalue weighted by molar-refractivity contribution is 6.08. The van der Waals surface area contributed by atoms with Crippen molar-refractivity contribution in [2.75, 3.05) is 39.3 Å².